The van der Waals surface area contributed by atoms with Crippen LogP contribution in [-0.2, 0) is 37.4 Å². The van der Waals surface area contributed by atoms with Crippen LogP contribution >= 0.6 is 7.82 Å². The number of rotatable bonds is 35. The molecule has 2 rings (SSSR count). The number of ether oxygens (including phenoxy) is 3. The monoisotopic (exact) mass is 849 g/mol. The Balaban J connectivity index is 1.73. The predicted octanol–water partition coefficient (Wildman–Crippen LogP) is 7.04. The maximum Gasteiger partial charge on any atom is 0.472 e. The highest BCUT2D eigenvalue weighted by atomic mass is 31.2. The van der Waals surface area contributed by atoms with Crippen molar-refractivity contribution in [2.45, 2.75) is 223 Å². The molecule has 0 radical (unpaired) electrons. The minimum absolute atomic E-state index is 0.0810. The Bertz CT molecular complexity index is 1180. The van der Waals surface area contributed by atoms with Crippen LogP contribution in [0.2, 0.25) is 0 Å². The molecule has 0 bridgehead atoms. The molecule has 1 aliphatic carbocycles. The number of esters is 2. The van der Waals surface area contributed by atoms with Crippen LogP contribution in [0.15, 0.2) is 24.3 Å². The highest BCUT2D eigenvalue weighted by molar-refractivity contribution is 7.47. The van der Waals surface area contributed by atoms with Gasteiger partial charge in [0.1, 0.15) is 43.2 Å². The standard InChI is InChI=1S/C43H77O14P/c1-3-5-7-9-11-12-13-14-15-16-17-21-26-30-37(45)55-33(32-54-58(51,52)57-43-41(49)39(47)38(46)40(48)42(43)50)31-53-36(44)29-25-22-18-20-24-28-35-34(56-35)27-23-19-10-8-6-4-2/h12-13,19,23,33-35,38-43,46-50H,3-11,14-18,20-22,24-32H2,1-2H3,(H,51,52)/b13-12-,23-19-/t33-,34?,35?,38?,39-,40+,41-,42-,43?/m1/s1. The van der Waals surface area contributed by atoms with E-state index in [1.165, 1.54) is 44.9 Å². The highest BCUT2D eigenvalue weighted by Crippen LogP contribution is 2.47. The third-order valence-electron chi connectivity index (χ3n) is 10.7. The van der Waals surface area contributed by atoms with Gasteiger partial charge in [0.2, 0.25) is 0 Å². The first-order chi connectivity index (χ1) is 27.9. The zero-order valence-corrected chi connectivity index (χ0v) is 36.2. The molecule has 1 saturated heterocycles. The number of hydrogen-bond acceptors (Lipinski definition) is 13. The molecule has 15 heteroatoms. The quantitative estimate of drug-likeness (QED) is 0.0124. The molecule has 0 spiro atoms. The smallest absolute Gasteiger partial charge is 0.462 e. The average Bonchev–Trinajstić information content (AvgIpc) is 3.96. The van der Waals surface area contributed by atoms with E-state index < -0.39 is 75.7 Å². The summed E-state index contributed by atoms with van der Waals surface area (Å²) in [5.74, 6) is -1.13. The molecular formula is C43H77O14P. The van der Waals surface area contributed by atoms with Crippen molar-refractivity contribution in [1.82, 2.24) is 0 Å². The maximum atomic E-state index is 12.8. The number of aliphatic hydroxyl groups excluding tert-OH is 5. The Morgan fingerprint density at radius 2 is 1.09 bits per heavy atom. The number of aliphatic hydroxyl groups is 5. The summed E-state index contributed by atoms with van der Waals surface area (Å²) in [4.78, 5) is 35.7. The lowest BCUT2D eigenvalue weighted by molar-refractivity contribution is -0.220. The van der Waals surface area contributed by atoms with Crippen LogP contribution < -0.4 is 0 Å². The molecule has 58 heavy (non-hydrogen) atoms. The molecule has 2 fully saturated rings. The minimum atomic E-state index is -5.12. The van der Waals surface area contributed by atoms with E-state index in [-0.39, 0.29) is 12.8 Å². The van der Waals surface area contributed by atoms with Gasteiger partial charge in [0.25, 0.3) is 0 Å². The first-order valence-electron chi connectivity index (χ1n) is 22.3. The van der Waals surface area contributed by atoms with Gasteiger partial charge in [0, 0.05) is 12.8 Å². The van der Waals surface area contributed by atoms with Crippen LogP contribution in [0.5, 0.6) is 0 Å². The Kier molecular flexibility index (Phi) is 28.2. The summed E-state index contributed by atoms with van der Waals surface area (Å²) in [5, 5.41) is 50.1. The minimum Gasteiger partial charge on any atom is -0.462 e. The molecule has 1 aliphatic heterocycles. The van der Waals surface area contributed by atoms with Gasteiger partial charge in [-0.1, -0.05) is 115 Å². The second kappa shape index (κ2) is 31.2. The van der Waals surface area contributed by atoms with Crippen molar-refractivity contribution < 1.29 is 67.8 Å². The Labute approximate surface area is 347 Å². The molecule has 0 aromatic heterocycles. The van der Waals surface area contributed by atoms with Crippen molar-refractivity contribution in [2.75, 3.05) is 13.2 Å². The van der Waals surface area contributed by atoms with Gasteiger partial charge in [-0.05, 0) is 64.2 Å². The number of allylic oxidation sites excluding steroid dienone is 3. The van der Waals surface area contributed by atoms with Gasteiger partial charge in [-0.3, -0.25) is 18.6 Å². The van der Waals surface area contributed by atoms with Crippen molar-refractivity contribution in [1.29, 1.82) is 0 Å². The fourth-order valence-corrected chi connectivity index (χ4v) is 7.91. The van der Waals surface area contributed by atoms with Crippen LogP contribution in [0, 0.1) is 0 Å². The van der Waals surface area contributed by atoms with Gasteiger partial charge in [-0.15, -0.1) is 0 Å². The van der Waals surface area contributed by atoms with E-state index in [1.807, 2.05) is 0 Å². The fraction of sp³-hybridized carbons (Fsp3) is 0.860. The van der Waals surface area contributed by atoms with Gasteiger partial charge in [-0.2, -0.15) is 0 Å². The molecule has 0 aromatic rings. The zero-order valence-electron chi connectivity index (χ0n) is 35.3. The summed E-state index contributed by atoms with van der Waals surface area (Å²) in [6.07, 6.45) is 19.7. The molecule has 5 unspecified atom stereocenters. The van der Waals surface area contributed by atoms with E-state index in [1.54, 1.807) is 0 Å². The second-order valence-corrected chi connectivity index (χ2v) is 17.3. The van der Waals surface area contributed by atoms with E-state index in [9.17, 15) is 44.6 Å². The lowest BCUT2D eigenvalue weighted by atomic mass is 9.85. The van der Waals surface area contributed by atoms with Gasteiger partial charge in [0.15, 0.2) is 6.10 Å². The van der Waals surface area contributed by atoms with Crippen LogP contribution in [0.25, 0.3) is 0 Å². The number of carbonyl (C=O) groups is 2. The molecule has 14 nitrogen and oxygen atoms in total. The van der Waals surface area contributed by atoms with E-state index >= 15 is 0 Å². The summed E-state index contributed by atoms with van der Waals surface area (Å²) in [6.45, 7) is 3.21. The molecule has 1 heterocycles. The molecule has 1 saturated carbocycles. The van der Waals surface area contributed by atoms with E-state index in [4.69, 9.17) is 23.3 Å². The largest absolute Gasteiger partial charge is 0.472 e. The number of phosphoric ester groups is 1. The maximum absolute atomic E-state index is 12.8. The summed E-state index contributed by atoms with van der Waals surface area (Å²) >= 11 is 0. The number of carbonyl (C=O) groups excluding carboxylic acids is 2. The lowest BCUT2D eigenvalue weighted by Gasteiger charge is -2.41. The molecule has 6 N–H and O–H groups in total. The van der Waals surface area contributed by atoms with E-state index in [0.717, 1.165) is 83.5 Å². The summed E-state index contributed by atoms with van der Waals surface area (Å²) in [6, 6.07) is 0. The topological polar surface area (TPSA) is 222 Å². The highest BCUT2D eigenvalue weighted by Gasteiger charge is 2.51. The third-order valence-corrected chi connectivity index (χ3v) is 11.7. The average molecular weight is 849 g/mol. The third kappa shape index (κ3) is 23.3. The Morgan fingerprint density at radius 3 is 1.71 bits per heavy atom. The van der Waals surface area contributed by atoms with Gasteiger partial charge in [-0.25, -0.2) is 4.57 Å². The predicted molar refractivity (Wildman–Crippen MR) is 221 cm³/mol. The van der Waals surface area contributed by atoms with Crippen LogP contribution in [0.4, 0.5) is 0 Å². The number of unbranched alkanes of at least 4 members (excludes halogenated alkanes) is 16. The fourth-order valence-electron chi connectivity index (χ4n) is 6.93. The van der Waals surface area contributed by atoms with Crippen LogP contribution in [-0.4, -0.2) is 111 Å². The zero-order chi connectivity index (χ0) is 42.6. The van der Waals surface area contributed by atoms with Crippen molar-refractivity contribution >= 4 is 19.8 Å². The number of phosphoric acid groups is 1. The molecular weight excluding hydrogens is 771 g/mol. The number of hydrogen-bond donors (Lipinski definition) is 6. The molecule has 0 amide bonds. The first-order valence-corrected chi connectivity index (χ1v) is 23.8. The van der Waals surface area contributed by atoms with Crippen molar-refractivity contribution in [2.24, 2.45) is 0 Å². The lowest BCUT2D eigenvalue weighted by Crippen LogP contribution is -2.64. The number of epoxide rings is 1. The molecule has 0 aromatic carbocycles. The van der Waals surface area contributed by atoms with Crippen LogP contribution in [0.1, 0.15) is 168 Å². The SMILES string of the molecule is CCCCC/C=C\CC1OC1CCCCCCCC(=O)OC[C@H](COP(=O)(O)OC1[C@H](O)[C@H](O)C(O)[C@H](O)[C@H]1O)OC(=O)CCCCCCC/C=C\CCCCCC. The van der Waals surface area contributed by atoms with Crippen molar-refractivity contribution in [3.8, 4) is 0 Å². The van der Waals surface area contributed by atoms with Crippen molar-refractivity contribution in [3.05, 3.63) is 24.3 Å². The summed E-state index contributed by atoms with van der Waals surface area (Å²) in [5.41, 5.74) is 0. The summed E-state index contributed by atoms with van der Waals surface area (Å²) < 4.78 is 39.3. The van der Waals surface area contributed by atoms with E-state index in [0.29, 0.717) is 25.0 Å². The molecule has 10 atom stereocenters. The van der Waals surface area contributed by atoms with E-state index in [2.05, 4.69) is 38.2 Å². The molecule has 2 aliphatic rings. The van der Waals surface area contributed by atoms with Crippen LogP contribution in [0.3, 0.4) is 0 Å². The Hall–Kier alpha value is -1.71. The first kappa shape index (κ1) is 52.4. The second-order valence-electron chi connectivity index (χ2n) is 15.9. The summed E-state index contributed by atoms with van der Waals surface area (Å²) in [7, 11) is -5.12. The van der Waals surface area contributed by atoms with Gasteiger partial charge in [0.05, 0.1) is 18.8 Å². The van der Waals surface area contributed by atoms with Gasteiger partial charge < -0.3 is 44.6 Å². The molecule has 338 valence electrons. The van der Waals surface area contributed by atoms with Gasteiger partial charge >= 0.3 is 19.8 Å². The van der Waals surface area contributed by atoms with Crippen molar-refractivity contribution in [3.63, 3.8) is 0 Å². The normalized spacial score (nSPS) is 26.2. The Morgan fingerprint density at radius 1 is 0.603 bits per heavy atom.